The van der Waals surface area contributed by atoms with Crippen LogP contribution in [0.5, 0.6) is 11.5 Å². The van der Waals surface area contributed by atoms with Gasteiger partial charge >= 0.3 is 6.03 Å². The van der Waals surface area contributed by atoms with Gasteiger partial charge in [-0.25, -0.2) is 4.79 Å². The number of methoxy groups -OCH3 is 1. The Labute approximate surface area is 186 Å². The number of furan rings is 1. The minimum absolute atomic E-state index is 0. The summed E-state index contributed by atoms with van der Waals surface area (Å²) < 4.78 is 11.2. The number of benzene rings is 2. The van der Waals surface area contributed by atoms with Gasteiger partial charge in [0.1, 0.15) is 5.75 Å². The monoisotopic (exact) mass is 447 g/mol. The summed E-state index contributed by atoms with van der Waals surface area (Å²) in [4.78, 5) is 24.4. The predicted molar refractivity (Wildman–Crippen MR) is 122 cm³/mol. The molecule has 0 unspecified atom stereocenters. The molecule has 1 aromatic heterocycles. The van der Waals surface area contributed by atoms with E-state index in [-0.39, 0.29) is 48.5 Å². The molecule has 3 aromatic rings. The van der Waals surface area contributed by atoms with Crippen molar-refractivity contribution in [3.8, 4) is 11.5 Å². The number of aromatic hydroxyl groups is 1. The lowest BCUT2D eigenvalue weighted by atomic mass is 9.97. The number of carbonyl (C=O) groups is 2. The second-order valence-electron chi connectivity index (χ2n) is 7.08. The Kier molecular flexibility index (Phi) is 7.41. The van der Waals surface area contributed by atoms with Gasteiger partial charge in [0.25, 0.3) is 0 Å². The lowest BCUT2D eigenvalue weighted by Gasteiger charge is -2.11. The molecule has 2 aromatic carbocycles. The zero-order valence-electron chi connectivity index (χ0n) is 17.8. The van der Waals surface area contributed by atoms with E-state index in [1.807, 2.05) is 13.8 Å². The van der Waals surface area contributed by atoms with Crippen LogP contribution >= 0.6 is 12.4 Å². The molecule has 0 atom stereocenters. The molecule has 9 heteroatoms. The molecule has 1 heterocycles. The lowest BCUT2D eigenvalue weighted by molar-refractivity contribution is 0.104. The highest BCUT2D eigenvalue weighted by molar-refractivity contribution is 6.20. The minimum Gasteiger partial charge on any atom is -0.504 e. The minimum atomic E-state index is -0.645. The zero-order valence-corrected chi connectivity index (χ0v) is 18.6. The number of ether oxygens (including phenoxy) is 1. The molecular formula is C22H26ClN3O5. The first-order valence-electron chi connectivity index (χ1n) is 9.46. The number of primary amides is 1. The topological polar surface area (TPSA) is 127 Å². The summed E-state index contributed by atoms with van der Waals surface area (Å²) >= 11 is 0. The van der Waals surface area contributed by atoms with Gasteiger partial charge in [-0.05, 0) is 55.7 Å². The average molecular weight is 448 g/mol. The van der Waals surface area contributed by atoms with Crippen molar-refractivity contribution in [1.82, 2.24) is 5.32 Å². The van der Waals surface area contributed by atoms with E-state index in [0.717, 1.165) is 11.1 Å². The summed E-state index contributed by atoms with van der Waals surface area (Å²) in [7, 11) is 1.56. The number of amides is 2. The predicted octanol–water partition coefficient (Wildman–Crippen LogP) is 3.81. The number of ketones is 1. The van der Waals surface area contributed by atoms with Crippen LogP contribution in [0.1, 0.15) is 32.6 Å². The Hall–Kier alpha value is -3.39. The summed E-state index contributed by atoms with van der Waals surface area (Å²) in [5.74, 6) is 0.524. The number of hydrogen-bond acceptors (Lipinski definition) is 6. The number of carbonyl (C=O) groups excluding carboxylic acids is 2. The Morgan fingerprint density at radius 1 is 1.13 bits per heavy atom. The fraction of sp³-hybridized carbons (Fsp3) is 0.273. The third kappa shape index (κ3) is 4.69. The number of aryl methyl sites for hydroxylation is 2. The highest BCUT2D eigenvalue weighted by Crippen LogP contribution is 2.38. The maximum Gasteiger partial charge on any atom is 0.312 e. The molecule has 0 saturated carbocycles. The molecule has 0 bridgehead atoms. The van der Waals surface area contributed by atoms with E-state index in [4.69, 9.17) is 14.9 Å². The standard InChI is InChI=1S/C22H25N3O5.ClH/c1-11-5-6-15-17(19(27)14-9-12(2)13(3)16(10-14)29-4)21(30-20(15)18(11)26)24-7-8-25-22(23)28;/h5-6,9-10,24,26H,7-8H2,1-4H3,(H3,23,25,28);1H. The third-order valence-corrected chi connectivity index (χ3v) is 5.07. The zero-order chi connectivity index (χ0) is 22.0. The Bertz CT molecular complexity index is 1140. The first-order valence-corrected chi connectivity index (χ1v) is 9.46. The maximum atomic E-state index is 13.5. The van der Waals surface area contributed by atoms with Crippen LogP contribution in [-0.4, -0.2) is 37.1 Å². The second-order valence-corrected chi connectivity index (χ2v) is 7.08. The highest BCUT2D eigenvalue weighted by Gasteiger charge is 2.25. The molecule has 0 aliphatic heterocycles. The van der Waals surface area contributed by atoms with Crippen molar-refractivity contribution in [1.29, 1.82) is 0 Å². The van der Waals surface area contributed by atoms with E-state index in [2.05, 4.69) is 10.6 Å². The van der Waals surface area contributed by atoms with E-state index in [1.165, 1.54) is 0 Å². The van der Waals surface area contributed by atoms with Gasteiger partial charge in [0, 0.05) is 24.0 Å². The first-order chi connectivity index (χ1) is 14.2. The average Bonchev–Trinajstić information content (AvgIpc) is 3.08. The highest BCUT2D eigenvalue weighted by atomic mass is 35.5. The van der Waals surface area contributed by atoms with Crippen molar-refractivity contribution >= 4 is 41.1 Å². The van der Waals surface area contributed by atoms with Gasteiger partial charge in [-0.15, -0.1) is 12.4 Å². The number of hydrogen-bond donors (Lipinski definition) is 4. The lowest BCUT2D eigenvalue weighted by Crippen LogP contribution is -2.33. The number of nitrogens with two attached hydrogens (primary N) is 1. The van der Waals surface area contributed by atoms with Gasteiger partial charge in [0.15, 0.2) is 17.1 Å². The summed E-state index contributed by atoms with van der Waals surface area (Å²) in [6.07, 6.45) is 0. The molecule has 0 spiro atoms. The number of phenolic OH excluding ortho intramolecular Hbond substituents is 1. The Balaban J connectivity index is 0.00000341. The van der Waals surface area contributed by atoms with E-state index in [9.17, 15) is 14.7 Å². The van der Waals surface area contributed by atoms with Crippen LogP contribution in [0.15, 0.2) is 28.7 Å². The normalized spacial score (nSPS) is 10.5. The first kappa shape index (κ1) is 23.9. The van der Waals surface area contributed by atoms with E-state index in [0.29, 0.717) is 27.8 Å². The van der Waals surface area contributed by atoms with E-state index in [1.54, 1.807) is 38.3 Å². The number of phenols is 1. The van der Waals surface area contributed by atoms with Crippen LogP contribution < -0.4 is 21.1 Å². The van der Waals surface area contributed by atoms with Crippen molar-refractivity contribution < 1.29 is 23.8 Å². The number of fused-ring (bicyclic) bond motifs is 1. The van der Waals surface area contributed by atoms with Crippen molar-refractivity contribution in [2.24, 2.45) is 5.73 Å². The molecule has 8 nitrogen and oxygen atoms in total. The largest absolute Gasteiger partial charge is 0.504 e. The molecular weight excluding hydrogens is 422 g/mol. The SMILES string of the molecule is COc1cc(C(=O)c2c(NCCNC(N)=O)oc3c(O)c(C)ccc23)cc(C)c1C.Cl. The van der Waals surface area contributed by atoms with Crippen molar-refractivity contribution in [2.45, 2.75) is 20.8 Å². The fourth-order valence-electron chi connectivity index (χ4n) is 3.27. The number of anilines is 1. The van der Waals surface area contributed by atoms with Crippen molar-refractivity contribution in [2.75, 3.05) is 25.5 Å². The summed E-state index contributed by atoms with van der Waals surface area (Å²) in [6.45, 7) is 6.10. The molecule has 5 N–H and O–H groups in total. The van der Waals surface area contributed by atoms with Crippen LogP contribution in [0.2, 0.25) is 0 Å². The van der Waals surface area contributed by atoms with Crippen molar-refractivity contribution in [3.05, 3.63) is 52.1 Å². The molecule has 0 saturated heterocycles. The molecule has 2 amide bonds. The van der Waals surface area contributed by atoms with E-state index < -0.39 is 6.03 Å². The van der Waals surface area contributed by atoms with Gasteiger partial charge in [-0.3, -0.25) is 4.79 Å². The molecule has 166 valence electrons. The number of nitrogens with one attached hydrogen (secondary N) is 2. The summed E-state index contributed by atoms with van der Waals surface area (Å²) in [6, 6.07) is 6.31. The van der Waals surface area contributed by atoms with Crippen LogP contribution in [0.4, 0.5) is 10.7 Å². The van der Waals surface area contributed by atoms with E-state index >= 15 is 0 Å². The smallest absolute Gasteiger partial charge is 0.312 e. The number of halogens is 1. The number of urea groups is 1. The quantitative estimate of drug-likeness (QED) is 0.322. The molecule has 0 radical (unpaired) electrons. The third-order valence-electron chi connectivity index (χ3n) is 5.07. The molecule has 31 heavy (non-hydrogen) atoms. The van der Waals surface area contributed by atoms with Crippen LogP contribution in [-0.2, 0) is 0 Å². The van der Waals surface area contributed by atoms with Gasteiger partial charge in [0.2, 0.25) is 5.88 Å². The molecule has 3 rings (SSSR count). The van der Waals surface area contributed by atoms with Gasteiger partial charge in [-0.1, -0.05) is 6.07 Å². The maximum absolute atomic E-state index is 13.5. The van der Waals surface area contributed by atoms with Crippen LogP contribution in [0.25, 0.3) is 11.0 Å². The van der Waals surface area contributed by atoms with Gasteiger partial charge in [-0.2, -0.15) is 0 Å². The Morgan fingerprint density at radius 3 is 2.48 bits per heavy atom. The van der Waals surface area contributed by atoms with Crippen LogP contribution in [0, 0.1) is 20.8 Å². The second kappa shape index (κ2) is 9.61. The van der Waals surface area contributed by atoms with Gasteiger partial charge in [0.05, 0.1) is 12.7 Å². The van der Waals surface area contributed by atoms with Gasteiger partial charge < -0.3 is 30.6 Å². The number of rotatable bonds is 7. The van der Waals surface area contributed by atoms with Crippen LogP contribution in [0.3, 0.4) is 0 Å². The van der Waals surface area contributed by atoms with Crippen molar-refractivity contribution in [3.63, 3.8) is 0 Å². The summed E-state index contributed by atoms with van der Waals surface area (Å²) in [5, 5.41) is 16.4. The summed E-state index contributed by atoms with van der Waals surface area (Å²) in [5.41, 5.74) is 8.54. The molecule has 0 aliphatic carbocycles. The fourth-order valence-corrected chi connectivity index (χ4v) is 3.27. The molecule has 0 aliphatic rings. The Morgan fingerprint density at radius 2 is 1.84 bits per heavy atom. The molecule has 0 fully saturated rings.